The topological polar surface area (TPSA) is 69.4 Å². The highest BCUT2D eigenvalue weighted by Gasteiger charge is 2.23. The van der Waals surface area contributed by atoms with Crippen LogP contribution in [0, 0.1) is 0 Å². The Hall–Kier alpha value is -1.07. The Morgan fingerprint density at radius 3 is 2.33 bits per heavy atom. The molecule has 0 aromatic heterocycles. The van der Waals surface area contributed by atoms with E-state index in [0.29, 0.717) is 10.6 Å². The molecule has 2 rings (SSSR count). The van der Waals surface area contributed by atoms with Crippen molar-refractivity contribution < 1.29 is 13.2 Å². The van der Waals surface area contributed by atoms with Crippen LogP contribution in [0.2, 0.25) is 0 Å². The van der Waals surface area contributed by atoms with Gasteiger partial charge in [0, 0.05) is 12.3 Å². The summed E-state index contributed by atoms with van der Waals surface area (Å²) >= 11 is 0. The smallest absolute Gasteiger partial charge is 0.175 e. The summed E-state index contributed by atoms with van der Waals surface area (Å²) in [5.74, 6) is 0.685. The number of ether oxygens (including phenoxy) is 1. The maximum atomic E-state index is 11.3. The first-order chi connectivity index (χ1) is 8.47. The lowest BCUT2D eigenvalue weighted by molar-refractivity contribution is 0.132. The zero-order chi connectivity index (χ0) is 13.2. The second kappa shape index (κ2) is 5.28. The molecule has 2 atom stereocenters. The van der Waals surface area contributed by atoms with Crippen molar-refractivity contribution in [2.24, 2.45) is 5.73 Å². The zero-order valence-corrected chi connectivity index (χ0v) is 11.3. The van der Waals surface area contributed by atoms with Gasteiger partial charge in [-0.15, -0.1) is 0 Å². The number of rotatable bonds is 3. The van der Waals surface area contributed by atoms with Crippen LogP contribution >= 0.6 is 0 Å². The molecule has 0 bridgehead atoms. The maximum Gasteiger partial charge on any atom is 0.175 e. The van der Waals surface area contributed by atoms with Gasteiger partial charge in [-0.25, -0.2) is 8.42 Å². The van der Waals surface area contributed by atoms with E-state index in [1.54, 1.807) is 24.3 Å². The third-order valence-corrected chi connectivity index (χ3v) is 4.42. The number of nitrogens with two attached hydrogens (primary N) is 1. The standard InChI is InChI=1S/C13H19NO3S/c1-18(15,16)11-8-6-10(7-9-11)17-13-5-3-2-4-12(13)14/h6-9,12-13H,2-5,14H2,1H3. The van der Waals surface area contributed by atoms with E-state index in [4.69, 9.17) is 10.5 Å². The lowest BCUT2D eigenvalue weighted by Crippen LogP contribution is -2.41. The van der Waals surface area contributed by atoms with E-state index in [2.05, 4.69) is 0 Å². The molecule has 1 aliphatic carbocycles. The Balaban J connectivity index is 2.06. The fraction of sp³-hybridized carbons (Fsp3) is 0.538. The first-order valence-electron chi connectivity index (χ1n) is 6.19. The van der Waals surface area contributed by atoms with Crippen molar-refractivity contribution >= 4 is 9.84 Å². The fourth-order valence-electron chi connectivity index (χ4n) is 2.21. The minimum Gasteiger partial charge on any atom is -0.489 e. The number of benzene rings is 1. The average Bonchev–Trinajstić information content (AvgIpc) is 2.32. The van der Waals surface area contributed by atoms with E-state index >= 15 is 0 Å². The minimum atomic E-state index is -3.14. The average molecular weight is 269 g/mol. The van der Waals surface area contributed by atoms with Crippen molar-refractivity contribution in [3.05, 3.63) is 24.3 Å². The molecule has 1 aliphatic rings. The maximum absolute atomic E-state index is 11.3. The van der Waals surface area contributed by atoms with Crippen molar-refractivity contribution in [3.8, 4) is 5.75 Å². The molecule has 18 heavy (non-hydrogen) atoms. The van der Waals surface area contributed by atoms with Gasteiger partial charge in [0.25, 0.3) is 0 Å². The van der Waals surface area contributed by atoms with Gasteiger partial charge in [0.1, 0.15) is 11.9 Å². The molecule has 2 unspecified atom stereocenters. The summed E-state index contributed by atoms with van der Waals surface area (Å²) in [7, 11) is -3.14. The highest BCUT2D eigenvalue weighted by atomic mass is 32.2. The summed E-state index contributed by atoms with van der Waals surface area (Å²) in [5.41, 5.74) is 6.01. The molecule has 0 amide bonds. The largest absolute Gasteiger partial charge is 0.489 e. The molecule has 0 heterocycles. The van der Waals surface area contributed by atoms with Crippen LogP contribution in [0.25, 0.3) is 0 Å². The van der Waals surface area contributed by atoms with E-state index in [1.165, 1.54) is 6.26 Å². The van der Waals surface area contributed by atoms with Crippen molar-refractivity contribution in [1.29, 1.82) is 0 Å². The van der Waals surface area contributed by atoms with Gasteiger partial charge in [0.15, 0.2) is 9.84 Å². The first-order valence-corrected chi connectivity index (χ1v) is 8.08. The van der Waals surface area contributed by atoms with Crippen LogP contribution in [-0.2, 0) is 9.84 Å². The van der Waals surface area contributed by atoms with Crippen LogP contribution in [-0.4, -0.2) is 26.8 Å². The molecule has 2 N–H and O–H groups in total. The van der Waals surface area contributed by atoms with E-state index in [0.717, 1.165) is 25.7 Å². The van der Waals surface area contributed by atoms with Crippen molar-refractivity contribution in [2.45, 2.75) is 42.7 Å². The number of hydrogen-bond acceptors (Lipinski definition) is 4. The Kier molecular flexibility index (Phi) is 3.92. The van der Waals surface area contributed by atoms with Crippen LogP contribution in [0.15, 0.2) is 29.2 Å². The Morgan fingerprint density at radius 2 is 1.78 bits per heavy atom. The Bertz CT molecular complexity index is 495. The normalized spacial score (nSPS) is 24.8. The van der Waals surface area contributed by atoms with Crippen LogP contribution in [0.5, 0.6) is 5.75 Å². The third-order valence-electron chi connectivity index (χ3n) is 3.29. The second-order valence-electron chi connectivity index (χ2n) is 4.85. The summed E-state index contributed by atoms with van der Waals surface area (Å²) in [6.07, 6.45) is 5.50. The highest BCUT2D eigenvalue weighted by Crippen LogP contribution is 2.23. The molecular weight excluding hydrogens is 250 g/mol. The molecular formula is C13H19NO3S. The minimum absolute atomic E-state index is 0.0443. The molecule has 0 spiro atoms. The van der Waals surface area contributed by atoms with Crippen molar-refractivity contribution in [2.75, 3.05) is 6.26 Å². The van der Waals surface area contributed by atoms with Crippen LogP contribution < -0.4 is 10.5 Å². The highest BCUT2D eigenvalue weighted by molar-refractivity contribution is 7.90. The van der Waals surface area contributed by atoms with Gasteiger partial charge < -0.3 is 10.5 Å². The monoisotopic (exact) mass is 269 g/mol. The lowest BCUT2D eigenvalue weighted by Gasteiger charge is -2.29. The summed E-state index contributed by atoms with van der Waals surface area (Å²) < 4.78 is 28.5. The summed E-state index contributed by atoms with van der Waals surface area (Å²) in [4.78, 5) is 0.308. The summed E-state index contributed by atoms with van der Waals surface area (Å²) in [6.45, 7) is 0. The van der Waals surface area contributed by atoms with E-state index in [1.807, 2.05) is 0 Å². The molecule has 1 saturated carbocycles. The second-order valence-corrected chi connectivity index (χ2v) is 6.86. The van der Waals surface area contributed by atoms with Gasteiger partial charge in [-0.05, 0) is 43.5 Å². The molecule has 1 fully saturated rings. The summed E-state index contributed by atoms with van der Waals surface area (Å²) in [6, 6.07) is 6.60. The van der Waals surface area contributed by atoms with Gasteiger partial charge in [-0.2, -0.15) is 0 Å². The Morgan fingerprint density at radius 1 is 1.17 bits per heavy atom. The lowest BCUT2D eigenvalue weighted by atomic mass is 9.93. The zero-order valence-electron chi connectivity index (χ0n) is 10.5. The predicted octanol–water partition coefficient (Wildman–Crippen LogP) is 1.74. The van der Waals surface area contributed by atoms with E-state index in [9.17, 15) is 8.42 Å². The van der Waals surface area contributed by atoms with Crippen LogP contribution in [0.3, 0.4) is 0 Å². The number of hydrogen-bond donors (Lipinski definition) is 1. The van der Waals surface area contributed by atoms with Gasteiger partial charge in [0.2, 0.25) is 0 Å². The fourth-order valence-corrected chi connectivity index (χ4v) is 2.84. The van der Waals surface area contributed by atoms with E-state index < -0.39 is 9.84 Å². The van der Waals surface area contributed by atoms with Gasteiger partial charge in [0.05, 0.1) is 4.90 Å². The van der Waals surface area contributed by atoms with Gasteiger partial charge in [-0.3, -0.25) is 0 Å². The van der Waals surface area contributed by atoms with E-state index in [-0.39, 0.29) is 12.1 Å². The first kappa shape index (κ1) is 13.4. The molecule has 4 nitrogen and oxygen atoms in total. The van der Waals surface area contributed by atoms with Gasteiger partial charge >= 0.3 is 0 Å². The molecule has 0 saturated heterocycles. The van der Waals surface area contributed by atoms with Crippen LogP contribution in [0.4, 0.5) is 0 Å². The third kappa shape index (κ3) is 3.23. The Labute approximate surface area is 108 Å². The molecule has 0 radical (unpaired) electrons. The quantitative estimate of drug-likeness (QED) is 0.907. The summed E-state index contributed by atoms with van der Waals surface area (Å²) in [5, 5.41) is 0. The predicted molar refractivity (Wildman–Crippen MR) is 70.4 cm³/mol. The number of sulfone groups is 1. The van der Waals surface area contributed by atoms with Crippen LogP contribution in [0.1, 0.15) is 25.7 Å². The SMILES string of the molecule is CS(=O)(=O)c1ccc(OC2CCCCC2N)cc1. The van der Waals surface area contributed by atoms with Crippen molar-refractivity contribution in [1.82, 2.24) is 0 Å². The molecule has 5 heteroatoms. The molecule has 100 valence electrons. The van der Waals surface area contributed by atoms with Gasteiger partial charge in [-0.1, -0.05) is 6.42 Å². The molecule has 1 aromatic carbocycles. The molecule has 1 aromatic rings. The molecule has 0 aliphatic heterocycles. The van der Waals surface area contributed by atoms with Crippen molar-refractivity contribution in [3.63, 3.8) is 0 Å².